The zero-order valence-electron chi connectivity index (χ0n) is 11.5. The molecule has 1 heterocycles. The summed E-state index contributed by atoms with van der Waals surface area (Å²) in [5.74, 6) is -0.398. The fraction of sp³-hybridized carbons (Fsp3) is 0.467. The van der Waals surface area contributed by atoms with E-state index in [1.54, 1.807) is 29.2 Å². The Morgan fingerprint density at radius 1 is 1.14 bits per heavy atom. The average Bonchev–Trinajstić information content (AvgIpc) is 3.30. The van der Waals surface area contributed by atoms with Gasteiger partial charge in [-0.25, -0.2) is 0 Å². The van der Waals surface area contributed by atoms with Gasteiger partial charge >= 0.3 is 0 Å². The number of hydrogen-bond acceptors (Lipinski definition) is 3. The maximum Gasteiger partial charge on any atom is 0.228 e. The number of benzene rings is 1. The van der Waals surface area contributed by atoms with E-state index in [1.807, 2.05) is 0 Å². The summed E-state index contributed by atoms with van der Waals surface area (Å²) < 4.78 is 5.23. The van der Waals surface area contributed by atoms with Crippen LogP contribution in [0.4, 0.5) is 5.69 Å². The Hall–Kier alpha value is -1.59. The lowest BCUT2D eigenvalue weighted by molar-refractivity contribution is -0.137. The minimum Gasteiger partial charge on any atom is -0.378 e. The molecule has 3 rings (SSSR count). The van der Waals surface area contributed by atoms with Crippen molar-refractivity contribution in [2.45, 2.75) is 6.42 Å². The first-order valence-corrected chi connectivity index (χ1v) is 7.46. The number of anilines is 1. The third-order valence-corrected chi connectivity index (χ3v) is 4.13. The topological polar surface area (TPSA) is 58.6 Å². The predicted molar refractivity (Wildman–Crippen MR) is 79.1 cm³/mol. The van der Waals surface area contributed by atoms with Gasteiger partial charge in [0, 0.05) is 23.8 Å². The Bertz CT molecular complexity index is 540. The summed E-state index contributed by atoms with van der Waals surface area (Å²) >= 11 is 5.80. The minimum absolute atomic E-state index is 0.0783. The lowest BCUT2D eigenvalue weighted by Gasteiger charge is -2.27. The van der Waals surface area contributed by atoms with Gasteiger partial charge in [0.05, 0.1) is 25.0 Å². The van der Waals surface area contributed by atoms with Gasteiger partial charge in [0.25, 0.3) is 0 Å². The number of carbonyl (C=O) groups is 2. The molecule has 2 amide bonds. The highest BCUT2D eigenvalue weighted by molar-refractivity contribution is 6.30. The van der Waals surface area contributed by atoms with Gasteiger partial charge in [-0.3, -0.25) is 9.59 Å². The Morgan fingerprint density at radius 2 is 1.81 bits per heavy atom. The number of halogens is 1. The number of nitrogens with zero attached hydrogens (tertiary/aromatic N) is 1. The van der Waals surface area contributed by atoms with Gasteiger partial charge in [-0.1, -0.05) is 11.6 Å². The highest BCUT2D eigenvalue weighted by Gasteiger charge is 2.49. The second kappa shape index (κ2) is 6.03. The molecule has 0 bridgehead atoms. The lowest BCUT2D eigenvalue weighted by Crippen LogP contribution is -2.42. The van der Waals surface area contributed by atoms with E-state index in [2.05, 4.69) is 5.32 Å². The number of carbonyl (C=O) groups excluding carboxylic acids is 2. The lowest BCUT2D eigenvalue weighted by atomic mass is 10.2. The SMILES string of the molecule is O=C(Nc1ccc(Cl)cc1)C1CC1C(=O)N1CCOCC1. The Kier molecular flexibility index (Phi) is 4.12. The molecule has 1 saturated carbocycles. The summed E-state index contributed by atoms with van der Waals surface area (Å²) in [7, 11) is 0. The van der Waals surface area contributed by atoms with E-state index in [0.29, 0.717) is 43.4 Å². The number of amides is 2. The normalized spacial score (nSPS) is 24.5. The molecule has 1 aliphatic carbocycles. The molecular weight excluding hydrogens is 292 g/mol. The number of nitrogens with one attached hydrogen (secondary N) is 1. The van der Waals surface area contributed by atoms with Crippen LogP contribution in [0.1, 0.15) is 6.42 Å². The third-order valence-electron chi connectivity index (χ3n) is 3.88. The van der Waals surface area contributed by atoms with E-state index in [0.717, 1.165) is 0 Å². The zero-order chi connectivity index (χ0) is 14.8. The number of hydrogen-bond donors (Lipinski definition) is 1. The minimum atomic E-state index is -0.212. The smallest absolute Gasteiger partial charge is 0.228 e. The maximum absolute atomic E-state index is 12.2. The molecule has 0 spiro atoms. The molecule has 0 radical (unpaired) electrons. The van der Waals surface area contributed by atoms with Crippen LogP contribution >= 0.6 is 11.6 Å². The molecule has 2 fully saturated rings. The van der Waals surface area contributed by atoms with Gasteiger partial charge in [0.2, 0.25) is 11.8 Å². The first kappa shape index (κ1) is 14.4. The molecule has 1 aliphatic heterocycles. The van der Waals surface area contributed by atoms with Crippen LogP contribution < -0.4 is 5.32 Å². The van der Waals surface area contributed by atoms with Crippen molar-refractivity contribution < 1.29 is 14.3 Å². The Morgan fingerprint density at radius 3 is 2.48 bits per heavy atom. The van der Waals surface area contributed by atoms with Crippen LogP contribution in [0.25, 0.3) is 0 Å². The van der Waals surface area contributed by atoms with E-state index < -0.39 is 0 Å². The molecule has 112 valence electrons. The molecule has 21 heavy (non-hydrogen) atoms. The fourth-order valence-electron chi connectivity index (χ4n) is 2.54. The van der Waals surface area contributed by atoms with Crippen LogP contribution in [0.15, 0.2) is 24.3 Å². The van der Waals surface area contributed by atoms with Crippen LogP contribution in [0.2, 0.25) is 5.02 Å². The highest BCUT2D eigenvalue weighted by Crippen LogP contribution is 2.41. The number of rotatable bonds is 3. The van der Waals surface area contributed by atoms with E-state index in [-0.39, 0.29) is 23.7 Å². The molecule has 1 N–H and O–H groups in total. The first-order valence-electron chi connectivity index (χ1n) is 7.08. The molecule has 6 heteroatoms. The van der Waals surface area contributed by atoms with Crippen LogP contribution in [-0.2, 0) is 14.3 Å². The zero-order valence-corrected chi connectivity index (χ0v) is 12.3. The van der Waals surface area contributed by atoms with Crippen LogP contribution in [0.5, 0.6) is 0 Å². The van der Waals surface area contributed by atoms with Crippen molar-refractivity contribution in [3.05, 3.63) is 29.3 Å². The number of ether oxygens (including phenoxy) is 1. The molecule has 2 unspecified atom stereocenters. The molecule has 0 aromatic heterocycles. The molecule has 1 aromatic rings. The van der Waals surface area contributed by atoms with Crippen molar-refractivity contribution in [2.24, 2.45) is 11.8 Å². The molecule has 1 saturated heterocycles. The summed E-state index contributed by atoms with van der Waals surface area (Å²) in [6.07, 6.45) is 0.635. The molecule has 2 aliphatic rings. The largest absolute Gasteiger partial charge is 0.378 e. The molecule has 2 atom stereocenters. The summed E-state index contributed by atoms with van der Waals surface area (Å²) in [5.41, 5.74) is 0.703. The van der Waals surface area contributed by atoms with Crippen molar-refractivity contribution >= 4 is 29.1 Å². The third kappa shape index (κ3) is 3.36. The van der Waals surface area contributed by atoms with Crippen molar-refractivity contribution in [1.82, 2.24) is 4.90 Å². The Balaban J connectivity index is 1.53. The number of morpholine rings is 1. The maximum atomic E-state index is 12.2. The van der Waals surface area contributed by atoms with E-state index >= 15 is 0 Å². The summed E-state index contributed by atoms with van der Waals surface area (Å²) in [5, 5.41) is 3.45. The second-order valence-corrected chi connectivity index (χ2v) is 5.82. The summed E-state index contributed by atoms with van der Waals surface area (Å²) in [4.78, 5) is 26.2. The van der Waals surface area contributed by atoms with Gasteiger partial charge in [-0.15, -0.1) is 0 Å². The van der Waals surface area contributed by atoms with Gasteiger partial charge in [0.1, 0.15) is 0 Å². The fourth-order valence-corrected chi connectivity index (χ4v) is 2.67. The first-order chi connectivity index (χ1) is 10.1. The average molecular weight is 309 g/mol. The molecular formula is C15H17ClN2O3. The van der Waals surface area contributed by atoms with E-state index in [1.165, 1.54) is 0 Å². The molecule has 1 aromatic carbocycles. The van der Waals surface area contributed by atoms with Gasteiger partial charge < -0.3 is 15.0 Å². The summed E-state index contributed by atoms with van der Waals surface area (Å²) in [6, 6.07) is 6.95. The van der Waals surface area contributed by atoms with Gasteiger partial charge in [-0.2, -0.15) is 0 Å². The van der Waals surface area contributed by atoms with Crippen molar-refractivity contribution in [2.75, 3.05) is 31.6 Å². The van der Waals surface area contributed by atoms with Crippen molar-refractivity contribution in [3.8, 4) is 0 Å². The predicted octanol–water partition coefficient (Wildman–Crippen LogP) is 1.77. The van der Waals surface area contributed by atoms with Crippen molar-refractivity contribution in [3.63, 3.8) is 0 Å². The Labute approximate surface area is 128 Å². The van der Waals surface area contributed by atoms with E-state index in [9.17, 15) is 9.59 Å². The van der Waals surface area contributed by atoms with Crippen LogP contribution in [-0.4, -0.2) is 43.0 Å². The molecule has 5 nitrogen and oxygen atoms in total. The van der Waals surface area contributed by atoms with Gasteiger partial charge in [-0.05, 0) is 30.7 Å². The summed E-state index contributed by atoms with van der Waals surface area (Å²) in [6.45, 7) is 2.42. The van der Waals surface area contributed by atoms with E-state index in [4.69, 9.17) is 16.3 Å². The quantitative estimate of drug-likeness (QED) is 0.926. The van der Waals surface area contributed by atoms with Crippen LogP contribution in [0, 0.1) is 11.8 Å². The van der Waals surface area contributed by atoms with Gasteiger partial charge in [0.15, 0.2) is 0 Å². The van der Waals surface area contributed by atoms with Crippen molar-refractivity contribution in [1.29, 1.82) is 0 Å². The highest BCUT2D eigenvalue weighted by atomic mass is 35.5. The standard InChI is InChI=1S/C15H17ClN2O3/c16-10-1-3-11(4-2-10)17-14(19)12-9-13(12)15(20)18-5-7-21-8-6-18/h1-4,12-13H,5-9H2,(H,17,19). The second-order valence-electron chi connectivity index (χ2n) is 5.38. The van der Waals surface area contributed by atoms with Crippen LogP contribution in [0.3, 0.4) is 0 Å². The monoisotopic (exact) mass is 308 g/mol.